The van der Waals surface area contributed by atoms with E-state index in [1.54, 1.807) is 6.26 Å². The summed E-state index contributed by atoms with van der Waals surface area (Å²) in [6, 6.07) is 6.12. The average molecular weight is 274 g/mol. The van der Waals surface area contributed by atoms with E-state index < -0.39 is 5.41 Å². The number of carbonyl (C=O) groups is 1. The number of rotatable bonds is 5. The van der Waals surface area contributed by atoms with Crippen LogP contribution in [0, 0.1) is 16.7 Å². The van der Waals surface area contributed by atoms with Gasteiger partial charge in [0.25, 0.3) is 0 Å². The first-order valence-electron chi connectivity index (χ1n) is 7.41. The largest absolute Gasteiger partial charge is 0.469 e. The first-order valence-corrected chi connectivity index (χ1v) is 7.41. The lowest BCUT2D eigenvalue weighted by atomic mass is 9.74. The van der Waals surface area contributed by atoms with Gasteiger partial charge in [0.05, 0.1) is 12.3 Å². The van der Waals surface area contributed by atoms with Gasteiger partial charge in [0, 0.05) is 12.5 Å². The van der Waals surface area contributed by atoms with Crippen molar-refractivity contribution in [3.63, 3.8) is 0 Å². The fraction of sp³-hybridized carbons (Fsp3) is 0.625. The van der Waals surface area contributed by atoms with Crippen LogP contribution in [0.4, 0.5) is 0 Å². The van der Waals surface area contributed by atoms with Gasteiger partial charge in [-0.05, 0) is 38.3 Å². The van der Waals surface area contributed by atoms with Gasteiger partial charge in [-0.2, -0.15) is 5.26 Å². The van der Waals surface area contributed by atoms with Crippen molar-refractivity contribution in [2.45, 2.75) is 57.9 Å². The van der Waals surface area contributed by atoms with Crippen LogP contribution in [0.15, 0.2) is 22.8 Å². The van der Waals surface area contributed by atoms with E-state index in [0.717, 1.165) is 37.9 Å². The van der Waals surface area contributed by atoms with Gasteiger partial charge in [-0.3, -0.25) is 4.79 Å². The fourth-order valence-corrected chi connectivity index (χ4v) is 2.79. The topological polar surface area (TPSA) is 66.0 Å². The molecule has 0 aliphatic heterocycles. The third kappa shape index (κ3) is 3.41. The number of hydrogen-bond acceptors (Lipinski definition) is 3. The second kappa shape index (κ2) is 6.60. The Kier molecular flexibility index (Phi) is 4.84. The van der Waals surface area contributed by atoms with Crippen molar-refractivity contribution in [1.29, 1.82) is 5.26 Å². The summed E-state index contributed by atoms with van der Waals surface area (Å²) in [6.45, 7) is 1.98. The number of nitriles is 1. The van der Waals surface area contributed by atoms with Crippen molar-refractivity contribution in [1.82, 2.24) is 5.32 Å². The molecule has 4 nitrogen and oxygen atoms in total. The standard InChI is InChI=1S/C16H22N2O2/c1-13(7-8-14-6-5-11-20-14)18-15(19)16(12-17)9-3-2-4-10-16/h5-6,11,13H,2-4,7-10H2,1H3,(H,18,19). The maximum atomic E-state index is 12.4. The third-order valence-electron chi connectivity index (χ3n) is 4.14. The summed E-state index contributed by atoms with van der Waals surface area (Å²) in [5.41, 5.74) is -0.794. The molecule has 1 unspecified atom stereocenters. The van der Waals surface area contributed by atoms with E-state index in [9.17, 15) is 10.1 Å². The van der Waals surface area contributed by atoms with Crippen molar-refractivity contribution in [2.75, 3.05) is 0 Å². The van der Waals surface area contributed by atoms with Crippen LogP contribution in [0.25, 0.3) is 0 Å². The lowest BCUT2D eigenvalue weighted by Crippen LogP contribution is -2.45. The molecule has 1 saturated carbocycles. The summed E-state index contributed by atoms with van der Waals surface area (Å²) < 4.78 is 5.28. The number of furan rings is 1. The molecule has 1 heterocycles. The van der Waals surface area contributed by atoms with Crippen molar-refractivity contribution in [2.24, 2.45) is 5.41 Å². The van der Waals surface area contributed by atoms with Gasteiger partial charge in [-0.1, -0.05) is 19.3 Å². The van der Waals surface area contributed by atoms with E-state index in [1.165, 1.54) is 0 Å². The van der Waals surface area contributed by atoms with Crippen molar-refractivity contribution < 1.29 is 9.21 Å². The summed E-state index contributed by atoms with van der Waals surface area (Å²) in [5, 5.41) is 12.4. The van der Waals surface area contributed by atoms with Crippen molar-refractivity contribution in [3.05, 3.63) is 24.2 Å². The maximum absolute atomic E-state index is 12.4. The fourth-order valence-electron chi connectivity index (χ4n) is 2.79. The quantitative estimate of drug-likeness (QED) is 0.896. The minimum absolute atomic E-state index is 0.0553. The molecule has 1 aliphatic rings. The van der Waals surface area contributed by atoms with Crippen LogP contribution >= 0.6 is 0 Å². The lowest BCUT2D eigenvalue weighted by molar-refractivity contribution is -0.130. The van der Waals surface area contributed by atoms with Crippen molar-refractivity contribution >= 4 is 5.91 Å². The Labute approximate surface area is 120 Å². The van der Waals surface area contributed by atoms with Gasteiger partial charge >= 0.3 is 0 Å². The van der Waals surface area contributed by atoms with Gasteiger partial charge in [0.1, 0.15) is 11.2 Å². The molecule has 1 amide bonds. The zero-order chi connectivity index (χ0) is 14.4. The van der Waals surface area contributed by atoms with E-state index in [2.05, 4.69) is 11.4 Å². The smallest absolute Gasteiger partial charge is 0.240 e. The van der Waals surface area contributed by atoms with Crippen LogP contribution in [0.2, 0.25) is 0 Å². The molecule has 2 rings (SSSR count). The minimum Gasteiger partial charge on any atom is -0.469 e. The van der Waals surface area contributed by atoms with Gasteiger partial charge in [-0.15, -0.1) is 0 Å². The highest BCUT2D eigenvalue weighted by Crippen LogP contribution is 2.36. The SMILES string of the molecule is CC(CCc1ccco1)NC(=O)C1(C#N)CCCCC1. The minimum atomic E-state index is -0.794. The number of nitrogens with one attached hydrogen (secondary N) is 1. The average Bonchev–Trinajstić information content (AvgIpc) is 2.99. The molecule has 20 heavy (non-hydrogen) atoms. The number of hydrogen-bond donors (Lipinski definition) is 1. The van der Waals surface area contributed by atoms with E-state index >= 15 is 0 Å². The summed E-state index contributed by atoms with van der Waals surface area (Å²) in [6.07, 6.45) is 7.74. The second-order valence-electron chi connectivity index (χ2n) is 5.75. The zero-order valence-electron chi connectivity index (χ0n) is 12.0. The maximum Gasteiger partial charge on any atom is 0.240 e. The zero-order valence-corrected chi connectivity index (χ0v) is 12.0. The first kappa shape index (κ1) is 14.6. The molecule has 1 aromatic rings. The van der Waals surface area contributed by atoms with E-state index in [1.807, 2.05) is 19.1 Å². The predicted molar refractivity (Wildman–Crippen MR) is 75.8 cm³/mol. The summed E-state index contributed by atoms with van der Waals surface area (Å²) in [7, 11) is 0. The van der Waals surface area contributed by atoms with Crippen molar-refractivity contribution in [3.8, 4) is 6.07 Å². The van der Waals surface area contributed by atoms with Gasteiger partial charge in [0.2, 0.25) is 5.91 Å². The van der Waals surface area contributed by atoms with Crippen LogP contribution in [0.3, 0.4) is 0 Å². The Bertz CT molecular complexity index is 467. The lowest BCUT2D eigenvalue weighted by Gasteiger charge is -2.30. The van der Waals surface area contributed by atoms with E-state index in [-0.39, 0.29) is 11.9 Å². The summed E-state index contributed by atoms with van der Waals surface area (Å²) >= 11 is 0. The molecule has 1 atom stereocenters. The molecule has 4 heteroatoms. The molecule has 0 bridgehead atoms. The molecule has 0 saturated heterocycles. The third-order valence-corrected chi connectivity index (χ3v) is 4.14. The molecule has 0 radical (unpaired) electrons. The Balaban J connectivity index is 1.85. The number of carbonyl (C=O) groups excluding carboxylic acids is 1. The molecule has 1 N–H and O–H groups in total. The molecule has 0 aromatic carbocycles. The molecule has 1 aliphatic carbocycles. The van der Waals surface area contributed by atoms with Crippen LogP contribution < -0.4 is 5.32 Å². The van der Waals surface area contributed by atoms with Gasteiger partial charge < -0.3 is 9.73 Å². The molecule has 108 valence electrons. The highest BCUT2D eigenvalue weighted by atomic mass is 16.3. The second-order valence-corrected chi connectivity index (χ2v) is 5.75. The normalized spacial score (nSPS) is 19.0. The number of nitrogens with zero attached hydrogens (tertiary/aromatic N) is 1. The van der Waals surface area contributed by atoms with Crippen LogP contribution in [0.5, 0.6) is 0 Å². The van der Waals surface area contributed by atoms with Crippen LogP contribution in [-0.4, -0.2) is 11.9 Å². The van der Waals surface area contributed by atoms with Crippen LogP contribution in [-0.2, 0) is 11.2 Å². The molecular weight excluding hydrogens is 252 g/mol. The number of aryl methyl sites for hydroxylation is 1. The first-order chi connectivity index (χ1) is 9.66. The monoisotopic (exact) mass is 274 g/mol. The Morgan fingerprint density at radius 1 is 1.50 bits per heavy atom. The Morgan fingerprint density at radius 3 is 2.85 bits per heavy atom. The molecular formula is C16H22N2O2. The molecule has 1 fully saturated rings. The molecule has 1 aromatic heterocycles. The van der Waals surface area contributed by atoms with Gasteiger partial charge in [0.15, 0.2) is 0 Å². The van der Waals surface area contributed by atoms with E-state index in [0.29, 0.717) is 12.8 Å². The Hall–Kier alpha value is -1.76. The highest BCUT2D eigenvalue weighted by molar-refractivity contribution is 5.85. The summed E-state index contributed by atoms with van der Waals surface area (Å²) in [5.74, 6) is 0.838. The van der Waals surface area contributed by atoms with Crippen LogP contribution in [0.1, 0.15) is 51.2 Å². The Morgan fingerprint density at radius 2 is 2.25 bits per heavy atom. The summed E-state index contributed by atoms with van der Waals surface area (Å²) in [4.78, 5) is 12.4. The van der Waals surface area contributed by atoms with Gasteiger partial charge in [-0.25, -0.2) is 0 Å². The number of amides is 1. The molecule has 0 spiro atoms. The predicted octanol–water partition coefficient (Wildman–Crippen LogP) is 3.19. The van der Waals surface area contributed by atoms with E-state index in [4.69, 9.17) is 4.42 Å². The highest BCUT2D eigenvalue weighted by Gasteiger charge is 2.40.